The van der Waals surface area contributed by atoms with Crippen LogP contribution in [0.2, 0.25) is 0 Å². The van der Waals surface area contributed by atoms with Crippen molar-refractivity contribution in [2.45, 2.75) is 26.2 Å². The largest absolute Gasteiger partial charge is 0.361 e. The minimum Gasteiger partial charge on any atom is -0.361 e. The molecule has 1 saturated heterocycles. The van der Waals surface area contributed by atoms with E-state index in [-0.39, 0.29) is 0 Å². The van der Waals surface area contributed by atoms with Crippen LogP contribution >= 0.6 is 0 Å². The SMILES string of the molecule is Cc1c(Nc2c(C#N)cncc2/C=C/CCN2CCC(CN)CC2)ccc2[nH]ccc12. The van der Waals surface area contributed by atoms with E-state index in [1.807, 2.05) is 18.5 Å². The molecule has 0 amide bonds. The molecule has 0 atom stereocenters. The summed E-state index contributed by atoms with van der Waals surface area (Å²) in [5, 5.41) is 14.3. The zero-order valence-electron chi connectivity index (χ0n) is 18.1. The summed E-state index contributed by atoms with van der Waals surface area (Å²) >= 11 is 0. The first-order valence-electron chi connectivity index (χ1n) is 11.0. The number of aromatic nitrogens is 2. The number of nitriles is 1. The van der Waals surface area contributed by atoms with Crippen LogP contribution in [0.1, 0.15) is 36.0 Å². The number of nitrogens with zero attached hydrogens (tertiary/aromatic N) is 3. The minimum atomic E-state index is 0.541. The maximum atomic E-state index is 9.64. The van der Waals surface area contributed by atoms with Gasteiger partial charge in [-0.2, -0.15) is 5.26 Å². The van der Waals surface area contributed by atoms with Crippen molar-refractivity contribution in [2.75, 3.05) is 31.5 Å². The van der Waals surface area contributed by atoms with Gasteiger partial charge < -0.3 is 20.9 Å². The fraction of sp³-hybridized carbons (Fsp3) is 0.360. The Morgan fingerprint density at radius 2 is 2.13 bits per heavy atom. The Balaban J connectivity index is 1.48. The molecule has 3 heterocycles. The summed E-state index contributed by atoms with van der Waals surface area (Å²) in [5.74, 6) is 0.689. The number of rotatable bonds is 7. The topological polar surface area (TPSA) is 93.8 Å². The molecule has 0 spiro atoms. The van der Waals surface area contributed by atoms with Gasteiger partial charge in [0, 0.05) is 47.3 Å². The zero-order valence-corrected chi connectivity index (χ0v) is 18.1. The monoisotopic (exact) mass is 414 g/mol. The molecular weight excluding hydrogens is 384 g/mol. The molecule has 0 bridgehead atoms. The van der Waals surface area contributed by atoms with Crippen molar-refractivity contribution in [1.29, 1.82) is 5.26 Å². The van der Waals surface area contributed by atoms with E-state index in [4.69, 9.17) is 5.73 Å². The number of aryl methyl sites for hydroxylation is 1. The third-order valence-corrected chi connectivity index (χ3v) is 6.31. The van der Waals surface area contributed by atoms with Gasteiger partial charge in [0.15, 0.2) is 0 Å². The van der Waals surface area contributed by atoms with Gasteiger partial charge in [-0.3, -0.25) is 4.98 Å². The summed E-state index contributed by atoms with van der Waals surface area (Å²) in [5.41, 5.74) is 11.3. The number of pyridine rings is 1. The van der Waals surface area contributed by atoms with Crippen molar-refractivity contribution in [3.05, 3.63) is 59.6 Å². The molecule has 0 unspecified atom stereocenters. The van der Waals surface area contributed by atoms with Crippen LogP contribution in [0.3, 0.4) is 0 Å². The van der Waals surface area contributed by atoms with E-state index in [0.29, 0.717) is 11.5 Å². The summed E-state index contributed by atoms with van der Waals surface area (Å²) < 4.78 is 0. The summed E-state index contributed by atoms with van der Waals surface area (Å²) in [7, 11) is 0. The lowest BCUT2D eigenvalue weighted by atomic mass is 9.97. The van der Waals surface area contributed by atoms with E-state index in [9.17, 15) is 5.26 Å². The summed E-state index contributed by atoms with van der Waals surface area (Å²) in [6, 6.07) is 8.46. The predicted molar refractivity (Wildman–Crippen MR) is 127 cm³/mol. The molecule has 6 heteroatoms. The van der Waals surface area contributed by atoms with Crippen LogP contribution in [0.5, 0.6) is 0 Å². The van der Waals surface area contributed by atoms with Gasteiger partial charge in [-0.1, -0.05) is 12.2 Å². The number of piperidine rings is 1. The van der Waals surface area contributed by atoms with Crippen molar-refractivity contribution in [3.63, 3.8) is 0 Å². The molecule has 0 aliphatic carbocycles. The van der Waals surface area contributed by atoms with Crippen LogP contribution in [0.4, 0.5) is 11.4 Å². The zero-order chi connectivity index (χ0) is 21.6. The molecule has 1 fully saturated rings. The van der Waals surface area contributed by atoms with Gasteiger partial charge in [0.2, 0.25) is 0 Å². The molecule has 2 aromatic heterocycles. The molecule has 4 N–H and O–H groups in total. The Hall–Kier alpha value is -3.14. The first-order valence-corrected chi connectivity index (χ1v) is 11.0. The smallest absolute Gasteiger partial charge is 0.103 e. The molecule has 3 aromatic rings. The molecule has 4 rings (SSSR count). The van der Waals surface area contributed by atoms with Gasteiger partial charge in [-0.05, 0) is 75.5 Å². The number of hydrogen-bond acceptors (Lipinski definition) is 5. The van der Waals surface area contributed by atoms with E-state index >= 15 is 0 Å². The average molecular weight is 415 g/mol. The molecule has 1 aromatic carbocycles. The lowest BCUT2D eigenvalue weighted by Gasteiger charge is -2.30. The highest BCUT2D eigenvalue weighted by atomic mass is 15.1. The number of nitrogens with two attached hydrogens (primary N) is 1. The third kappa shape index (κ3) is 4.79. The number of hydrogen-bond donors (Lipinski definition) is 3. The average Bonchev–Trinajstić information content (AvgIpc) is 3.29. The number of fused-ring (bicyclic) bond motifs is 1. The number of likely N-dealkylation sites (tertiary alicyclic amines) is 1. The van der Waals surface area contributed by atoms with E-state index in [0.717, 1.165) is 60.6 Å². The lowest BCUT2D eigenvalue weighted by Crippen LogP contribution is -2.36. The molecule has 0 saturated carbocycles. The fourth-order valence-corrected chi connectivity index (χ4v) is 4.29. The van der Waals surface area contributed by atoms with Crippen LogP contribution in [0, 0.1) is 24.2 Å². The van der Waals surface area contributed by atoms with E-state index in [1.165, 1.54) is 18.2 Å². The maximum absolute atomic E-state index is 9.64. The standard InChI is InChI=1S/C25H30N6/c1-18-22-7-10-29-24(22)6-5-23(18)30-25-20(16-28-17-21(25)15-27)4-2-3-11-31-12-8-19(14-26)9-13-31/h2,4-7,10,16-17,19,29H,3,8-9,11-14,26H2,1H3,(H,28,30)/b4-2+. The Kier molecular flexibility index (Phi) is 6.66. The van der Waals surface area contributed by atoms with Crippen LogP contribution in [0.15, 0.2) is 42.9 Å². The highest BCUT2D eigenvalue weighted by Gasteiger charge is 2.17. The summed E-state index contributed by atoms with van der Waals surface area (Å²) in [4.78, 5) is 10.0. The molecular formula is C25H30N6. The van der Waals surface area contributed by atoms with E-state index in [1.54, 1.807) is 6.20 Å². The van der Waals surface area contributed by atoms with Gasteiger partial charge in [0.25, 0.3) is 0 Å². The van der Waals surface area contributed by atoms with Gasteiger partial charge in [-0.15, -0.1) is 0 Å². The fourth-order valence-electron chi connectivity index (χ4n) is 4.29. The van der Waals surface area contributed by atoms with Crippen molar-refractivity contribution < 1.29 is 0 Å². The third-order valence-electron chi connectivity index (χ3n) is 6.31. The minimum absolute atomic E-state index is 0.541. The molecule has 1 aliphatic rings. The van der Waals surface area contributed by atoms with Crippen molar-refractivity contribution in [2.24, 2.45) is 11.7 Å². The number of benzene rings is 1. The molecule has 0 radical (unpaired) electrons. The number of H-pyrrole nitrogens is 1. The van der Waals surface area contributed by atoms with Crippen LogP contribution in [-0.2, 0) is 0 Å². The quantitative estimate of drug-likeness (QED) is 0.527. The van der Waals surface area contributed by atoms with Crippen LogP contribution < -0.4 is 11.1 Å². The molecule has 31 heavy (non-hydrogen) atoms. The number of nitrogens with one attached hydrogen (secondary N) is 2. The first-order chi connectivity index (χ1) is 15.2. The second-order valence-corrected chi connectivity index (χ2v) is 8.28. The molecule has 6 nitrogen and oxygen atoms in total. The Morgan fingerprint density at radius 3 is 2.90 bits per heavy atom. The van der Waals surface area contributed by atoms with Gasteiger partial charge in [0.1, 0.15) is 6.07 Å². The summed E-state index contributed by atoms with van der Waals surface area (Å²) in [6.07, 6.45) is 13.0. The lowest BCUT2D eigenvalue weighted by molar-refractivity contribution is 0.190. The maximum Gasteiger partial charge on any atom is 0.103 e. The van der Waals surface area contributed by atoms with E-state index < -0.39 is 0 Å². The van der Waals surface area contributed by atoms with Crippen molar-refractivity contribution >= 4 is 28.4 Å². The van der Waals surface area contributed by atoms with Gasteiger partial charge >= 0.3 is 0 Å². The molecule has 1 aliphatic heterocycles. The Morgan fingerprint density at radius 1 is 1.29 bits per heavy atom. The number of anilines is 2. The highest BCUT2D eigenvalue weighted by molar-refractivity contribution is 5.89. The second-order valence-electron chi connectivity index (χ2n) is 8.28. The summed E-state index contributed by atoms with van der Waals surface area (Å²) in [6.45, 7) is 6.21. The highest BCUT2D eigenvalue weighted by Crippen LogP contribution is 2.30. The van der Waals surface area contributed by atoms with Gasteiger partial charge in [-0.25, -0.2) is 0 Å². The second kappa shape index (κ2) is 9.78. The van der Waals surface area contributed by atoms with Crippen molar-refractivity contribution in [3.8, 4) is 6.07 Å². The van der Waals surface area contributed by atoms with Gasteiger partial charge in [0.05, 0.1) is 11.3 Å². The predicted octanol–water partition coefficient (Wildman–Crippen LogP) is 4.56. The van der Waals surface area contributed by atoms with Crippen LogP contribution in [-0.4, -0.2) is 41.0 Å². The first kappa shape index (κ1) is 21.1. The Bertz CT molecular complexity index is 1100. The van der Waals surface area contributed by atoms with Crippen LogP contribution in [0.25, 0.3) is 17.0 Å². The van der Waals surface area contributed by atoms with Crippen molar-refractivity contribution in [1.82, 2.24) is 14.9 Å². The van der Waals surface area contributed by atoms with E-state index in [2.05, 4.69) is 57.5 Å². The number of aromatic amines is 1. The normalized spacial score (nSPS) is 15.5. The Labute approximate surface area is 183 Å². The molecule has 160 valence electrons.